The van der Waals surface area contributed by atoms with Gasteiger partial charge in [-0.05, 0) is 17.7 Å². The van der Waals surface area contributed by atoms with Crippen LogP contribution in [0.3, 0.4) is 0 Å². The van der Waals surface area contributed by atoms with E-state index in [0.29, 0.717) is 0 Å². The zero-order valence-corrected chi connectivity index (χ0v) is 9.81. The van der Waals surface area contributed by atoms with E-state index in [0.717, 1.165) is 22.2 Å². The van der Waals surface area contributed by atoms with Crippen LogP contribution in [0.15, 0.2) is 49.3 Å². The number of halogens is 1. The molecule has 2 aromatic rings. The first kappa shape index (κ1) is 10.2. The minimum atomic E-state index is 0.769. The van der Waals surface area contributed by atoms with Crippen molar-refractivity contribution in [3.8, 4) is 5.69 Å². The zero-order valence-electron chi connectivity index (χ0n) is 8.23. The molecule has 1 aromatic carbocycles. The van der Waals surface area contributed by atoms with E-state index in [1.54, 1.807) is 6.20 Å². The molecule has 0 radical (unpaired) electrons. The van der Waals surface area contributed by atoms with E-state index in [2.05, 4.69) is 33.7 Å². The summed E-state index contributed by atoms with van der Waals surface area (Å²) in [6.45, 7) is 4.03. The molecule has 1 heterocycles. The van der Waals surface area contributed by atoms with Crippen LogP contribution in [0.1, 0.15) is 5.56 Å². The van der Waals surface area contributed by atoms with Gasteiger partial charge in [-0.25, -0.2) is 4.68 Å². The molecular formula is C12H11BrN2. The Labute approximate surface area is 97.4 Å². The predicted octanol–water partition coefficient (Wildman–Crippen LogP) is 3.28. The molecule has 0 aliphatic heterocycles. The fourth-order valence-electron chi connectivity index (χ4n) is 1.46. The maximum atomic E-state index is 4.22. The lowest BCUT2D eigenvalue weighted by molar-refractivity contribution is 0.877. The molecule has 0 fully saturated rings. The van der Waals surface area contributed by atoms with Crippen LogP contribution in [0.25, 0.3) is 11.3 Å². The van der Waals surface area contributed by atoms with Crippen LogP contribution >= 0.6 is 15.9 Å². The number of alkyl halides is 1. The quantitative estimate of drug-likeness (QED) is 0.777. The summed E-state index contributed by atoms with van der Waals surface area (Å²) in [4.78, 5) is 0. The Morgan fingerprint density at radius 2 is 2.13 bits per heavy atom. The van der Waals surface area contributed by atoms with Gasteiger partial charge < -0.3 is 0 Å². The molecule has 3 heteroatoms. The van der Waals surface area contributed by atoms with Crippen LogP contribution in [-0.2, 0) is 0 Å². The SMILES string of the molecule is C=C(CBr)c1ccccc1-n1cccn1. The van der Waals surface area contributed by atoms with Crippen molar-refractivity contribution in [2.75, 3.05) is 5.33 Å². The average Bonchev–Trinajstić information content (AvgIpc) is 2.81. The van der Waals surface area contributed by atoms with Gasteiger partial charge in [-0.3, -0.25) is 0 Å². The number of allylic oxidation sites excluding steroid dienone is 1. The Morgan fingerprint density at radius 1 is 1.33 bits per heavy atom. The Kier molecular flexibility index (Phi) is 3.02. The highest BCUT2D eigenvalue weighted by Crippen LogP contribution is 2.21. The molecule has 0 saturated heterocycles. The van der Waals surface area contributed by atoms with E-state index in [1.165, 1.54) is 0 Å². The second-order valence-electron chi connectivity index (χ2n) is 3.20. The fourth-order valence-corrected chi connectivity index (χ4v) is 1.76. The second-order valence-corrected chi connectivity index (χ2v) is 3.77. The predicted molar refractivity (Wildman–Crippen MR) is 66.4 cm³/mol. The molecule has 0 N–H and O–H groups in total. The van der Waals surface area contributed by atoms with Crippen molar-refractivity contribution in [1.29, 1.82) is 0 Å². The Balaban J connectivity index is 2.52. The van der Waals surface area contributed by atoms with Crippen LogP contribution in [0.2, 0.25) is 0 Å². The summed E-state index contributed by atoms with van der Waals surface area (Å²) in [6.07, 6.45) is 3.70. The molecule has 1 aromatic heterocycles. The summed E-state index contributed by atoms with van der Waals surface area (Å²) < 4.78 is 1.85. The standard InChI is InChI=1S/C12H11BrN2/c1-10(9-13)11-5-2-3-6-12(11)15-8-4-7-14-15/h2-8H,1,9H2. The van der Waals surface area contributed by atoms with Crippen LogP contribution < -0.4 is 0 Å². The minimum Gasteiger partial charge on any atom is -0.240 e. The van der Waals surface area contributed by atoms with Crippen LogP contribution in [0.5, 0.6) is 0 Å². The van der Waals surface area contributed by atoms with Gasteiger partial charge in [0.1, 0.15) is 0 Å². The maximum Gasteiger partial charge on any atom is 0.0720 e. The minimum absolute atomic E-state index is 0.769. The number of rotatable bonds is 3. The highest BCUT2D eigenvalue weighted by molar-refractivity contribution is 9.09. The van der Waals surface area contributed by atoms with E-state index in [4.69, 9.17) is 0 Å². The highest BCUT2D eigenvalue weighted by atomic mass is 79.9. The van der Waals surface area contributed by atoms with Crippen LogP contribution in [0.4, 0.5) is 0 Å². The molecule has 0 aliphatic carbocycles. The molecule has 0 bridgehead atoms. The summed E-state index contributed by atoms with van der Waals surface area (Å²) in [5, 5.41) is 4.99. The molecule has 0 saturated carbocycles. The molecule has 2 nitrogen and oxygen atoms in total. The van der Waals surface area contributed by atoms with E-state index < -0.39 is 0 Å². The van der Waals surface area contributed by atoms with Crippen molar-refractivity contribution >= 4 is 21.5 Å². The van der Waals surface area contributed by atoms with Crippen molar-refractivity contribution in [3.63, 3.8) is 0 Å². The molecule has 0 atom stereocenters. The first-order chi connectivity index (χ1) is 7.33. The van der Waals surface area contributed by atoms with Crippen molar-refractivity contribution in [1.82, 2.24) is 9.78 Å². The van der Waals surface area contributed by atoms with Gasteiger partial charge in [0.15, 0.2) is 0 Å². The molecular weight excluding hydrogens is 252 g/mol. The van der Waals surface area contributed by atoms with Gasteiger partial charge in [-0.15, -0.1) is 0 Å². The van der Waals surface area contributed by atoms with Crippen LogP contribution in [-0.4, -0.2) is 15.1 Å². The summed E-state index contributed by atoms with van der Waals surface area (Å²) in [5.74, 6) is 0. The third kappa shape index (κ3) is 2.02. The number of aromatic nitrogens is 2. The van der Waals surface area contributed by atoms with Gasteiger partial charge in [0.25, 0.3) is 0 Å². The Morgan fingerprint density at radius 3 is 2.80 bits per heavy atom. The summed E-state index contributed by atoms with van der Waals surface area (Å²) in [5.41, 5.74) is 3.24. The normalized spacial score (nSPS) is 10.2. The number of para-hydroxylation sites is 1. The van der Waals surface area contributed by atoms with Gasteiger partial charge in [0.05, 0.1) is 5.69 Å². The number of hydrogen-bond acceptors (Lipinski definition) is 1. The van der Waals surface area contributed by atoms with E-state index in [1.807, 2.05) is 35.1 Å². The molecule has 2 rings (SSSR count). The molecule has 15 heavy (non-hydrogen) atoms. The maximum absolute atomic E-state index is 4.22. The monoisotopic (exact) mass is 262 g/mol. The third-order valence-electron chi connectivity index (χ3n) is 2.20. The smallest absolute Gasteiger partial charge is 0.0720 e. The van der Waals surface area contributed by atoms with Gasteiger partial charge in [0, 0.05) is 23.3 Å². The summed E-state index contributed by atoms with van der Waals surface area (Å²) in [7, 11) is 0. The third-order valence-corrected chi connectivity index (χ3v) is 2.87. The molecule has 0 amide bonds. The fraction of sp³-hybridized carbons (Fsp3) is 0.0833. The van der Waals surface area contributed by atoms with Crippen molar-refractivity contribution in [2.45, 2.75) is 0 Å². The number of hydrogen-bond donors (Lipinski definition) is 0. The van der Waals surface area contributed by atoms with Gasteiger partial charge >= 0.3 is 0 Å². The van der Waals surface area contributed by atoms with Crippen molar-refractivity contribution < 1.29 is 0 Å². The largest absolute Gasteiger partial charge is 0.240 e. The van der Waals surface area contributed by atoms with Crippen molar-refractivity contribution in [2.24, 2.45) is 0 Å². The highest BCUT2D eigenvalue weighted by Gasteiger charge is 2.05. The van der Waals surface area contributed by atoms with Gasteiger partial charge in [-0.2, -0.15) is 5.10 Å². The Hall–Kier alpha value is -1.35. The first-order valence-corrected chi connectivity index (χ1v) is 5.78. The molecule has 76 valence electrons. The van der Waals surface area contributed by atoms with E-state index in [-0.39, 0.29) is 0 Å². The van der Waals surface area contributed by atoms with Gasteiger partial charge in [-0.1, -0.05) is 40.7 Å². The molecule has 0 aliphatic rings. The lowest BCUT2D eigenvalue weighted by Gasteiger charge is -2.09. The average molecular weight is 263 g/mol. The van der Waals surface area contributed by atoms with E-state index in [9.17, 15) is 0 Å². The van der Waals surface area contributed by atoms with E-state index >= 15 is 0 Å². The molecule has 0 unspecified atom stereocenters. The second kappa shape index (κ2) is 4.45. The first-order valence-electron chi connectivity index (χ1n) is 4.66. The summed E-state index contributed by atoms with van der Waals surface area (Å²) in [6, 6.07) is 10.0. The van der Waals surface area contributed by atoms with Gasteiger partial charge in [0.2, 0.25) is 0 Å². The topological polar surface area (TPSA) is 17.8 Å². The zero-order chi connectivity index (χ0) is 10.7. The van der Waals surface area contributed by atoms with Crippen LogP contribution in [0, 0.1) is 0 Å². The number of benzene rings is 1. The Bertz CT molecular complexity index is 460. The van der Waals surface area contributed by atoms with Crippen molar-refractivity contribution in [3.05, 3.63) is 54.9 Å². The molecule has 0 spiro atoms. The lowest BCUT2D eigenvalue weighted by Crippen LogP contribution is -1.99. The number of nitrogens with zero attached hydrogens (tertiary/aromatic N) is 2. The summed E-state index contributed by atoms with van der Waals surface area (Å²) >= 11 is 3.42. The lowest BCUT2D eigenvalue weighted by atomic mass is 10.1.